The average molecular weight is 186 g/mol. The first kappa shape index (κ1) is 10.5. The van der Waals surface area contributed by atoms with E-state index in [1.54, 1.807) is 0 Å². The van der Waals surface area contributed by atoms with Crippen LogP contribution in [0.25, 0.3) is 0 Å². The summed E-state index contributed by atoms with van der Waals surface area (Å²) in [5.74, 6) is 0.164. The van der Waals surface area contributed by atoms with E-state index < -0.39 is 0 Å². The molecule has 1 unspecified atom stereocenters. The molecule has 0 saturated heterocycles. The van der Waals surface area contributed by atoms with E-state index in [1.165, 1.54) is 12.8 Å². The molecule has 0 radical (unpaired) electrons. The minimum Gasteiger partial charge on any atom is -0.396 e. The zero-order valence-corrected chi connectivity index (χ0v) is 8.05. The summed E-state index contributed by atoms with van der Waals surface area (Å²) >= 11 is 0. The zero-order valence-electron chi connectivity index (χ0n) is 8.05. The Bertz CT molecular complexity index is 169. The summed E-state index contributed by atoms with van der Waals surface area (Å²) in [7, 11) is 0. The van der Waals surface area contributed by atoms with Gasteiger partial charge in [-0.2, -0.15) is 0 Å². The molecular formula is C9H18N2O2. The Labute approximate surface area is 78.7 Å². The summed E-state index contributed by atoms with van der Waals surface area (Å²) in [4.78, 5) is 11.1. The molecule has 1 rings (SSSR count). The molecule has 1 saturated carbocycles. The first-order valence-corrected chi connectivity index (χ1v) is 4.83. The highest BCUT2D eigenvalue weighted by molar-refractivity contribution is 5.78. The maximum Gasteiger partial charge on any atom is 0.233 e. The second-order valence-corrected chi connectivity index (χ2v) is 3.75. The van der Waals surface area contributed by atoms with Gasteiger partial charge in [0.05, 0.1) is 6.54 Å². The number of aliphatic hydroxyl groups excluding tert-OH is 1. The van der Waals surface area contributed by atoms with Gasteiger partial charge in [0.15, 0.2) is 0 Å². The maximum absolute atomic E-state index is 11.1. The topological polar surface area (TPSA) is 61.4 Å². The van der Waals surface area contributed by atoms with Gasteiger partial charge < -0.3 is 15.7 Å². The highest BCUT2D eigenvalue weighted by Crippen LogP contribution is 2.17. The first-order chi connectivity index (χ1) is 6.22. The third-order valence-electron chi connectivity index (χ3n) is 2.09. The lowest BCUT2D eigenvalue weighted by molar-refractivity contribution is -0.120. The molecule has 1 aliphatic carbocycles. The predicted molar refractivity (Wildman–Crippen MR) is 50.3 cm³/mol. The van der Waals surface area contributed by atoms with E-state index in [1.807, 2.05) is 6.92 Å². The lowest BCUT2D eigenvalue weighted by Gasteiger charge is -2.09. The molecule has 0 aromatic carbocycles. The Balaban J connectivity index is 1.96. The maximum atomic E-state index is 11.1. The van der Waals surface area contributed by atoms with Crippen LogP contribution in [0.1, 0.15) is 19.8 Å². The normalized spacial score (nSPS) is 18.3. The van der Waals surface area contributed by atoms with Gasteiger partial charge in [0.25, 0.3) is 0 Å². The quantitative estimate of drug-likeness (QED) is 0.523. The third kappa shape index (κ3) is 4.85. The number of rotatable bonds is 6. The van der Waals surface area contributed by atoms with Gasteiger partial charge in [0.2, 0.25) is 5.91 Å². The van der Waals surface area contributed by atoms with Crippen LogP contribution >= 0.6 is 0 Å². The molecule has 1 amide bonds. The van der Waals surface area contributed by atoms with Crippen molar-refractivity contribution in [3.63, 3.8) is 0 Å². The first-order valence-electron chi connectivity index (χ1n) is 4.83. The number of carbonyl (C=O) groups is 1. The Morgan fingerprint density at radius 3 is 2.85 bits per heavy atom. The predicted octanol–water partition coefficient (Wildman–Crippen LogP) is -0.517. The molecule has 0 aromatic rings. The molecule has 0 bridgehead atoms. The van der Waals surface area contributed by atoms with Crippen molar-refractivity contribution in [1.82, 2.24) is 10.6 Å². The highest BCUT2D eigenvalue weighted by atomic mass is 16.3. The van der Waals surface area contributed by atoms with Crippen LogP contribution in [0, 0.1) is 5.92 Å². The Kier molecular flexibility index (Phi) is 4.18. The Hall–Kier alpha value is -0.610. The fourth-order valence-corrected chi connectivity index (χ4v) is 0.940. The molecule has 4 heteroatoms. The van der Waals surface area contributed by atoms with Crippen LogP contribution in [-0.2, 0) is 4.79 Å². The largest absolute Gasteiger partial charge is 0.396 e. The van der Waals surface area contributed by atoms with Crippen LogP contribution in [0.15, 0.2) is 0 Å². The number of carbonyl (C=O) groups excluding carboxylic acids is 1. The van der Waals surface area contributed by atoms with Crippen molar-refractivity contribution < 1.29 is 9.90 Å². The standard InChI is InChI=1S/C9H18N2O2/c1-7(6-12)4-11-9(13)5-10-8-2-3-8/h7-8,10,12H,2-6H2,1H3,(H,11,13). The Morgan fingerprint density at radius 1 is 1.62 bits per heavy atom. The van der Waals surface area contributed by atoms with Gasteiger partial charge in [-0.25, -0.2) is 0 Å². The van der Waals surface area contributed by atoms with Gasteiger partial charge in [-0.1, -0.05) is 6.92 Å². The van der Waals surface area contributed by atoms with Gasteiger partial charge in [0.1, 0.15) is 0 Å². The highest BCUT2D eigenvalue weighted by Gasteiger charge is 2.20. The number of amides is 1. The molecule has 0 heterocycles. The zero-order chi connectivity index (χ0) is 9.68. The van der Waals surface area contributed by atoms with Crippen molar-refractivity contribution in [1.29, 1.82) is 0 Å². The van der Waals surface area contributed by atoms with Gasteiger partial charge in [0, 0.05) is 19.2 Å². The van der Waals surface area contributed by atoms with Crippen molar-refractivity contribution in [2.45, 2.75) is 25.8 Å². The van der Waals surface area contributed by atoms with Crippen LogP contribution in [0.4, 0.5) is 0 Å². The lowest BCUT2D eigenvalue weighted by Crippen LogP contribution is -2.37. The fraction of sp³-hybridized carbons (Fsp3) is 0.889. The fourth-order valence-electron chi connectivity index (χ4n) is 0.940. The summed E-state index contributed by atoms with van der Waals surface area (Å²) in [6.07, 6.45) is 2.39. The third-order valence-corrected chi connectivity index (χ3v) is 2.09. The van der Waals surface area contributed by atoms with Crippen molar-refractivity contribution in [2.75, 3.05) is 19.7 Å². The molecule has 1 fully saturated rings. The number of hydrogen-bond acceptors (Lipinski definition) is 3. The number of nitrogens with one attached hydrogen (secondary N) is 2. The van der Waals surface area contributed by atoms with Gasteiger partial charge >= 0.3 is 0 Å². The second kappa shape index (κ2) is 5.19. The molecular weight excluding hydrogens is 168 g/mol. The molecule has 1 aliphatic rings. The van der Waals surface area contributed by atoms with Crippen molar-refractivity contribution in [2.24, 2.45) is 5.92 Å². The molecule has 4 nitrogen and oxygen atoms in total. The van der Waals surface area contributed by atoms with E-state index in [4.69, 9.17) is 5.11 Å². The second-order valence-electron chi connectivity index (χ2n) is 3.75. The van der Waals surface area contributed by atoms with Gasteiger partial charge in [-0.15, -0.1) is 0 Å². The summed E-state index contributed by atoms with van der Waals surface area (Å²) in [6.45, 7) is 2.98. The van der Waals surface area contributed by atoms with Crippen LogP contribution in [0.2, 0.25) is 0 Å². The summed E-state index contributed by atoms with van der Waals surface area (Å²) in [5.41, 5.74) is 0. The molecule has 3 N–H and O–H groups in total. The Morgan fingerprint density at radius 2 is 2.31 bits per heavy atom. The van der Waals surface area contributed by atoms with Gasteiger partial charge in [-0.05, 0) is 18.8 Å². The summed E-state index contributed by atoms with van der Waals surface area (Å²) in [6, 6.07) is 0.570. The molecule has 0 spiro atoms. The molecule has 0 aliphatic heterocycles. The van der Waals surface area contributed by atoms with Crippen LogP contribution in [0.3, 0.4) is 0 Å². The average Bonchev–Trinajstić information content (AvgIpc) is 2.94. The van der Waals surface area contributed by atoms with Crippen LogP contribution in [0.5, 0.6) is 0 Å². The van der Waals surface area contributed by atoms with E-state index in [-0.39, 0.29) is 18.4 Å². The van der Waals surface area contributed by atoms with Crippen molar-refractivity contribution >= 4 is 5.91 Å². The van der Waals surface area contributed by atoms with E-state index in [2.05, 4.69) is 10.6 Å². The SMILES string of the molecule is CC(CO)CNC(=O)CNC1CC1. The van der Waals surface area contributed by atoms with Gasteiger partial charge in [-0.3, -0.25) is 4.79 Å². The van der Waals surface area contributed by atoms with E-state index in [0.29, 0.717) is 19.1 Å². The van der Waals surface area contributed by atoms with Crippen molar-refractivity contribution in [3.8, 4) is 0 Å². The lowest BCUT2D eigenvalue weighted by atomic mass is 10.2. The van der Waals surface area contributed by atoms with Crippen molar-refractivity contribution in [3.05, 3.63) is 0 Å². The molecule has 1 atom stereocenters. The summed E-state index contributed by atoms with van der Waals surface area (Å²) < 4.78 is 0. The minimum absolute atomic E-state index is 0.0206. The molecule has 0 aromatic heterocycles. The van der Waals surface area contributed by atoms with E-state index in [9.17, 15) is 4.79 Å². The van der Waals surface area contributed by atoms with E-state index in [0.717, 1.165) is 0 Å². The number of aliphatic hydroxyl groups is 1. The smallest absolute Gasteiger partial charge is 0.233 e. The molecule has 13 heavy (non-hydrogen) atoms. The van der Waals surface area contributed by atoms with Crippen LogP contribution in [-0.4, -0.2) is 36.8 Å². The summed E-state index contributed by atoms with van der Waals surface area (Å²) in [5, 5.41) is 14.6. The van der Waals surface area contributed by atoms with E-state index >= 15 is 0 Å². The van der Waals surface area contributed by atoms with Crippen LogP contribution < -0.4 is 10.6 Å². The number of hydrogen-bond donors (Lipinski definition) is 3. The molecule has 76 valence electrons. The minimum atomic E-state index is 0.0206. The monoisotopic (exact) mass is 186 g/mol.